The molecule has 0 unspecified atom stereocenters. The van der Waals surface area contributed by atoms with Gasteiger partial charge in [0.2, 0.25) is 0 Å². The van der Waals surface area contributed by atoms with E-state index < -0.39 is 0 Å². The lowest BCUT2D eigenvalue weighted by Crippen LogP contribution is -2.13. The van der Waals surface area contributed by atoms with Gasteiger partial charge in [0.25, 0.3) is 0 Å². The normalized spacial score (nSPS) is 11.0. The highest BCUT2D eigenvalue weighted by Gasteiger charge is 2.05. The third kappa shape index (κ3) is 4.39. The van der Waals surface area contributed by atoms with Crippen molar-refractivity contribution in [1.29, 1.82) is 0 Å². The maximum Gasteiger partial charge on any atom is 0.129 e. The van der Waals surface area contributed by atoms with Gasteiger partial charge in [-0.25, -0.2) is 9.97 Å². The van der Waals surface area contributed by atoms with Crippen LogP contribution in [0.4, 0.5) is 5.82 Å². The van der Waals surface area contributed by atoms with E-state index in [0.29, 0.717) is 0 Å². The minimum absolute atomic E-state index is 0.718. The molecule has 1 N–H and O–H groups in total. The van der Waals surface area contributed by atoms with Crippen molar-refractivity contribution in [3.63, 3.8) is 0 Å². The average molecular weight is 322 g/mol. The van der Waals surface area contributed by atoms with Gasteiger partial charge in [0.05, 0.1) is 12.2 Å². The molecular formula is C18H22N6. The van der Waals surface area contributed by atoms with Crippen molar-refractivity contribution in [3.05, 3.63) is 71.9 Å². The summed E-state index contributed by atoms with van der Waals surface area (Å²) >= 11 is 0. The molecule has 2 aromatic heterocycles. The Kier molecular flexibility index (Phi) is 5.18. The molecule has 0 fully saturated rings. The Bertz CT molecular complexity index is 767. The molecule has 0 aliphatic heterocycles. The maximum absolute atomic E-state index is 4.31. The summed E-state index contributed by atoms with van der Waals surface area (Å²) in [7, 11) is 4.06. The highest BCUT2D eigenvalue weighted by atomic mass is 15.3. The first-order valence-electron chi connectivity index (χ1n) is 7.94. The predicted octanol–water partition coefficient (Wildman–Crippen LogP) is 2.40. The molecule has 3 rings (SSSR count). The summed E-state index contributed by atoms with van der Waals surface area (Å²) in [5, 5.41) is 7.68. The van der Waals surface area contributed by atoms with Gasteiger partial charge in [0.1, 0.15) is 12.1 Å². The zero-order valence-corrected chi connectivity index (χ0v) is 14.1. The summed E-state index contributed by atoms with van der Waals surface area (Å²) in [5.41, 5.74) is 3.49. The monoisotopic (exact) mass is 322 g/mol. The van der Waals surface area contributed by atoms with Crippen LogP contribution in [0.2, 0.25) is 0 Å². The summed E-state index contributed by atoms with van der Waals surface area (Å²) in [6.07, 6.45) is 5.38. The largest absolute Gasteiger partial charge is 0.366 e. The molecule has 1 aromatic carbocycles. The standard InChI is InChI=1S/C18H22N6/c1-23(2)13-17-10-18(21-14-20-17)19-11-15-6-3-4-7-16(15)12-24-9-5-8-22-24/h3-10,14H,11-13H2,1-2H3,(H,19,20,21). The zero-order chi connectivity index (χ0) is 16.8. The second-order valence-corrected chi connectivity index (χ2v) is 5.96. The van der Waals surface area contributed by atoms with Crippen LogP contribution in [-0.4, -0.2) is 38.7 Å². The minimum Gasteiger partial charge on any atom is -0.366 e. The van der Waals surface area contributed by atoms with Gasteiger partial charge < -0.3 is 10.2 Å². The van der Waals surface area contributed by atoms with Crippen LogP contribution in [0, 0.1) is 0 Å². The molecule has 124 valence electrons. The predicted molar refractivity (Wildman–Crippen MR) is 94.5 cm³/mol. The third-order valence-electron chi connectivity index (χ3n) is 3.67. The van der Waals surface area contributed by atoms with Gasteiger partial charge in [-0.2, -0.15) is 5.10 Å². The minimum atomic E-state index is 0.718. The molecule has 2 heterocycles. The number of anilines is 1. The van der Waals surface area contributed by atoms with Crippen molar-refractivity contribution in [2.75, 3.05) is 19.4 Å². The van der Waals surface area contributed by atoms with E-state index in [2.05, 4.69) is 49.5 Å². The quantitative estimate of drug-likeness (QED) is 0.724. The first kappa shape index (κ1) is 16.1. The van der Waals surface area contributed by atoms with Gasteiger partial charge in [0.15, 0.2) is 0 Å². The van der Waals surface area contributed by atoms with Crippen LogP contribution in [0.1, 0.15) is 16.8 Å². The molecule has 0 radical (unpaired) electrons. The van der Waals surface area contributed by atoms with E-state index >= 15 is 0 Å². The molecule has 0 aliphatic rings. The summed E-state index contributed by atoms with van der Waals surface area (Å²) in [5.74, 6) is 0.843. The van der Waals surface area contributed by atoms with E-state index in [4.69, 9.17) is 0 Å². The fourth-order valence-electron chi connectivity index (χ4n) is 2.54. The van der Waals surface area contributed by atoms with Crippen LogP contribution in [0.15, 0.2) is 55.1 Å². The van der Waals surface area contributed by atoms with E-state index in [1.807, 2.05) is 37.1 Å². The SMILES string of the molecule is CN(C)Cc1cc(NCc2ccccc2Cn2cccn2)ncn1. The van der Waals surface area contributed by atoms with Gasteiger partial charge >= 0.3 is 0 Å². The fourth-order valence-corrected chi connectivity index (χ4v) is 2.54. The lowest BCUT2D eigenvalue weighted by Gasteiger charge is -2.13. The van der Waals surface area contributed by atoms with Crippen LogP contribution in [0.5, 0.6) is 0 Å². The number of aromatic nitrogens is 4. The summed E-state index contributed by atoms with van der Waals surface area (Å²) in [4.78, 5) is 10.7. The second kappa shape index (κ2) is 7.70. The van der Waals surface area contributed by atoms with E-state index in [1.165, 1.54) is 11.1 Å². The van der Waals surface area contributed by atoms with Crippen molar-refractivity contribution >= 4 is 5.82 Å². The van der Waals surface area contributed by atoms with Gasteiger partial charge in [-0.15, -0.1) is 0 Å². The molecule has 6 heteroatoms. The molecule has 3 aromatic rings. The average Bonchev–Trinajstić information content (AvgIpc) is 3.07. The van der Waals surface area contributed by atoms with Crippen LogP contribution < -0.4 is 5.32 Å². The van der Waals surface area contributed by atoms with Gasteiger partial charge in [-0.1, -0.05) is 24.3 Å². The van der Waals surface area contributed by atoms with Crippen molar-refractivity contribution < 1.29 is 0 Å². The van der Waals surface area contributed by atoms with Crippen LogP contribution in [0.3, 0.4) is 0 Å². The molecule has 0 atom stereocenters. The number of nitrogens with zero attached hydrogens (tertiary/aromatic N) is 5. The zero-order valence-electron chi connectivity index (χ0n) is 14.1. The maximum atomic E-state index is 4.31. The van der Waals surface area contributed by atoms with E-state index in [9.17, 15) is 0 Å². The highest BCUT2D eigenvalue weighted by molar-refractivity contribution is 5.38. The van der Waals surface area contributed by atoms with Crippen LogP contribution in [-0.2, 0) is 19.6 Å². The first-order chi connectivity index (χ1) is 11.7. The topological polar surface area (TPSA) is 58.9 Å². The van der Waals surface area contributed by atoms with Gasteiger partial charge in [-0.05, 0) is 31.3 Å². The van der Waals surface area contributed by atoms with Crippen LogP contribution in [0.25, 0.3) is 0 Å². The second-order valence-electron chi connectivity index (χ2n) is 5.96. The molecular weight excluding hydrogens is 300 g/mol. The molecule has 24 heavy (non-hydrogen) atoms. The summed E-state index contributed by atoms with van der Waals surface area (Å²) < 4.78 is 1.93. The Morgan fingerprint density at radius 2 is 1.92 bits per heavy atom. The molecule has 0 bridgehead atoms. The number of benzene rings is 1. The fraction of sp³-hybridized carbons (Fsp3) is 0.278. The Hall–Kier alpha value is -2.73. The van der Waals surface area contributed by atoms with Crippen molar-refractivity contribution in [2.24, 2.45) is 0 Å². The Morgan fingerprint density at radius 3 is 2.67 bits per heavy atom. The number of nitrogens with one attached hydrogen (secondary N) is 1. The number of hydrogen-bond donors (Lipinski definition) is 1. The Balaban J connectivity index is 1.68. The van der Waals surface area contributed by atoms with Crippen molar-refractivity contribution in [1.82, 2.24) is 24.6 Å². The highest BCUT2D eigenvalue weighted by Crippen LogP contribution is 2.13. The molecule has 0 saturated heterocycles. The summed E-state index contributed by atoms with van der Waals surface area (Å²) in [6, 6.07) is 12.3. The lowest BCUT2D eigenvalue weighted by atomic mass is 10.1. The Morgan fingerprint density at radius 1 is 1.08 bits per heavy atom. The Labute approximate surface area is 142 Å². The molecule has 0 saturated carbocycles. The van der Waals surface area contributed by atoms with E-state index in [0.717, 1.165) is 31.1 Å². The van der Waals surface area contributed by atoms with E-state index in [1.54, 1.807) is 12.5 Å². The first-order valence-corrected chi connectivity index (χ1v) is 7.94. The lowest BCUT2D eigenvalue weighted by molar-refractivity contribution is 0.396. The van der Waals surface area contributed by atoms with Gasteiger partial charge in [0, 0.05) is 31.5 Å². The molecule has 0 amide bonds. The van der Waals surface area contributed by atoms with Crippen LogP contribution >= 0.6 is 0 Å². The third-order valence-corrected chi connectivity index (χ3v) is 3.67. The number of hydrogen-bond acceptors (Lipinski definition) is 5. The van der Waals surface area contributed by atoms with Crippen molar-refractivity contribution in [3.8, 4) is 0 Å². The van der Waals surface area contributed by atoms with Gasteiger partial charge in [-0.3, -0.25) is 4.68 Å². The smallest absolute Gasteiger partial charge is 0.129 e. The number of rotatable bonds is 7. The summed E-state index contributed by atoms with van der Waals surface area (Å²) in [6.45, 7) is 2.28. The van der Waals surface area contributed by atoms with E-state index in [-0.39, 0.29) is 0 Å². The molecule has 0 aliphatic carbocycles. The van der Waals surface area contributed by atoms with Crippen molar-refractivity contribution in [2.45, 2.75) is 19.6 Å². The molecule has 6 nitrogen and oxygen atoms in total. The molecule has 0 spiro atoms.